The summed E-state index contributed by atoms with van der Waals surface area (Å²) >= 11 is 6.15. The van der Waals surface area contributed by atoms with E-state index in [1.807, 2.05) is 0 Å². The third-order valence-corrected chi connectivity index (χ3v) is 2.72. The second-order valence-electron chi connectivity index (χ2n) is 4.34. The summed E-state index contributed by atoms with van der Waals surface area (Å²) < 4.78 is 0. The van der Waals surface area contributed by atoms with Crippen molar-refractivity contribution in [3.8, 4) is 0 Å². The minimum absolute atomic E-state index is 0.289. The zero-order chi connectivity index (χ0) is 8.48. The Labute approximate surface area is 74.6 Å². The summed E-state index contributed by atoms with van der Waals surface area (Å²) in [7, 11) is 0. The Kier molecular flexibility index (Phi) is 2.64. The summed E-state index contributed by atoms with van der Waals surface area (Å²) in [5.41, 5.74) is 1.77. The van der Waals surface area contributed by atoms with Crippen LogP contribution in [0.3, 0.4) is 0 Å². The lowest BCUT2D eigenvalue weighted by Crippen LogP contribution is -2.13. The third-order valence-electron chi connectivity index (χ3n) is 2.31. The molecule has 1 heteroatoms. The van der Waals surface area contributed by atoms with Gasteiger partial charge in [0.25, 0.3) is 0 Å². The van der Waals surface area contributed by atoms with E-state index in [4.69, 9.17) is 11.6 Å². The first-order chi connectivity index (χ1) is 5.02. The molecule has 0 atom stereocenters. The normalized spacial score (nSPS) is 20.7. The van der Waals surface area contributed by atoms with Crippen LogP contribution < -0.4 is 0 Å². The van der Waals surface area contributed by atoms with Crippen LogP contribution in [0.5, 0.6) is 0 Å². The van der Waals surface area contributed by atoms with E-state index in [9.17, 15) is 0 Å². The van der Waals surface area contributed by atoms with Gasteiger partial charge >= 0.3 is 0 Å². The summed E-state index contributed by atoms with van der Waals surface area (Å²) in [5.74, 6) is 0. The van der Waals surface area contributed by atoms with Gasteiger partial charge in [0.05, 0.1) is 0 Å². The maximum absolute atomic E-state index is 6.15. The average molecular weight is 173 g/mol. The molecule has 0 fully saturated rings. The SMILES string of the molecule is CC(C)(C)C1=C(Cl)CCCC1. The Hall–Kier alpha value is 0.0300. The zero-order valence-corrected chi connectivity index (χ0v) is 8.46. The second-order valence-corrected chi connectivity index (χ2v) is 4.80. The number of halogens is 1. The Morgan fingerprint density at radius 2 is 1.64 bits per heavy atom. The molecule has 0 aromatic heterocycles. The van der Waals surface area contributed by atoms with Crippen molar-refractivity contribution >= 4 is 11.6 Å². The van der Waals surface area contributed by atoms with Crippen molar-refractivity contribution in [2.45, 2.75) is 46.5 Å². The molecule has 0 aromatic rings. The Bertz CT molecular complexity index is 172. The molecule has 0 N–H and O–H groups in total. The lowest BCUT2D eigenvalue weighted by atomic mass is 9.80. The summed E-state index contributed by atoms with van der Waals surface area (Å²) in [6, 6.07) is 0. The Morgan fingerprint density at radius 1 is 1.09 bits per heavy atom. The lowest BCUT2D eigenvalue weighted by molar-refractivity contribution is 0.457. The second kappa shape index (κ2) is 3.18. The van der Waals surface area contributed by atoms with E-state index in [1.54, 1.807) is 0 Å². The number of allylic oxidation sites excluding steroid dienone is 2. The van der Waals surface area contributed by atoms with Gasteiger partial charge in [-0.1, -0.05) is 37.9 Å². The predicted octanol–water partition coefficient (Wildman–Crippen LogP) is 4.10. The van der Waals surface area contributed by atoms with Crippen molar-refractivity contribution in [1.29, 1.82) is 0 Å². The minimum Gasteiger partial charge on any atom is -0.0892 e. The summed E-state index contributed by atoms with van der Waals surface area (Å²) in [6.07, 6.45) is 4.91. The highest BCUT2D eigenvalue weighted by atomic mass is 35.5. The minimum atomic E-state index is 0.289. The molecule has 0 aromatic carbocycles. The monoisotopic (exact) mass is 172 g/mol. The molecule has 11 heavy (non-hydrogen) atoms. The number of hydrogen-bond acceptors (Lipinski definition) is 0. The van der Waals surface area contributed by atoms with Crippen molar-refractivity contribution in [1.82, 2.24) is 0 Å². The van der Waals surface area contributed by atoms with Gasteiger partial charge in [-0.2, -0.15) is 0 Å². The van der Waals surface area contributed by atoms with Gasteiger partial charge in [0.1, 0.15) is 0 Å². The van der Waals surface area contributed by atoms with Crippen LogP contribution in [0.25, 0.3) is 0 Å². The van der Waals surface area contributed by atoms with Crippen molar-refractivity contribution in [3.05, 3.63) is 10.6 Å². The van der Waals surface area contributed by atoms with Crippen molar-refractivity contribution < 1.29 is 0 Å². The molecule has 64 valence electrons. The van der Waals surface area contributed by atoms with Gasteiger partial charge in [-0.3, -0.25) is 0 Å². The van der Waals surface area contributed by atoms with Crippen LogP contribution in [0.15, 0.2) is 10.6 Å². The highest BCUT2D eigenvalue weighted by Gasteiger charge is 2.22. The molecule has 0 amide bonds. The lowest BCUT2D eigenvalue weighted by Gasteiger charge is -2.27. The Balaban J connectivity index is 2.83. The molecule has 1 aliphatic rings. The topological polar surface area (TPSA) is 0 Å². The molecule has 0 spiro atoms. The van der Waals surface area contributed by atoms with E-state index in [-0.39, 0.29) is 5.41 Å². The Morgan fingerprint density at radius 3 is 2.00 bits per heavy atom. The molecule has 0 saturated carbocycles. The van der Waals surface area contributed by atoms with E-state index in [2.05, 4.69) is 20.8 Å². The molecule has 1 aliphatic carbocycles. The van der Waals surface area contributed by atoms with Crippen LogP contribution in [-0.2, 0) is 0 Å². The zero-order valence-electron chi connectivity index (χ0n) is 7.71. The third kappa shape index (κ3) is 2.23. The summed E-state index contributed by atoms with van der Waals surface area (Å²) in [6.45, 7) is 6.74. The number of rotatable bonds is 0. The van der Waals surface area contributed by atoms with Crippen LogP contribution in [0.2, 0.25) is 0 Å². The predicted molar refractivity (Wildman–Crippen MR) is 50.8 cm³/mol. The standard InChI is InChI=1S/C10H17Cl/c1-10(2,3)8-6-4-5-7-9(8)11/h4-7H2,1-3H3. The van der Waals surface area contributed by atoms with E-state index in [0.29, 0.717) is 0 Å². The van der Waals surface area contributed by atoms with Crippen LogP contribution in [0.1, 0.15) is 46.5 Å². The van der Waals surface area contributed by atoms with Gasteiger partial charge in [0.15, 0.2) is 0 Å². The molecule has 0 radical (unpaired) electrons. The maximum atomic E-state index is 6.15. The van der Waals surface area contributed by atoms with Crippen LogP contribution in [-0.4, -0.2) is 0 Å². The molecule has 1 rings (SSSR count). The molecule has 0 saturated heterocycles. The molecule has 0 bridgehead atoms. The highest BCUT2D eigenvalue weighted by Crippen LogP contribution is 2.38. The fourth-order valence-electron chi connectivity index (χ4n) is 1.65. The van der Waals surface area contributed by atoms with Crippen molar-refractivity contribution in [2.24, 2.45) is 5.41 Å². The molecule has 0 heterocycles. The molecular formula is C10H17Cl. The molecular weight excluding hydrogens is 156 g/mol. The van der Waals surface area contributed by atoms with Crippen LogP contribution >= 0.6 is 11.6 Å². The van der Waals surface area contributed by atoms with Crippen LogP contribution in [0.4, 0.5) is 0 Å². The summed E-state index contributed by atoms with van der Waals surface area (Å²) in [4.78, 5) is 0. The first-order valence-electron chi connectivity index (χ1n) is 4.40. The first-order valence-corrected chi connectivity index (χ1v) is 4.77. The van der Waals surface area contributed by atoms with E-state index < -0.39 is 0 Å². The average Bonchev–Trinajstić information content (AvgIpc) is 1.86. The first kappa shape index (κ1) is 9.12. The number of hydrogen-bond donors (Lipinski definition) is 0. The van der Waals surface area contributed by atoms with E-state index >= 15 is 0 Å². The molecule has 0 unspecified atom stereocenters. The van der Waals surface area contributed by atoms with Gasteiger partial charge in [-0.05, 0) is 31.1 Å². The van der Waals surface area contributed by atoms with Crippen LogP contribution in [0, 0.1) is 5.41 Å². The van der Waals surface area contributed by atoms with E-state index in [1.165, 1.54) is 24.8 Å². The fraction of sp³-hybridized carbons (Fsp3) is 0.800. The smallest absolute Gasteiger partial charge is 0.0178 e. The van der Waals surface area contributed by atoms with Crippen molar-refractivity contribution in [3.63, 3.8) is 0 Å². The highest BCUT2D eigenvalue weighted by molar-refractivity contribution is 6.30. The molecule has 0 nitrogen and oxygen atoms in total. The van der Waals surface area contributed by atoms with Crippen molar-refractivity contribution in [2.75, 3.05) is 0 Å². The maximum Gasteiger partial charge on any atom is 0.0178 e. The fourth-order valence-corrected chi connectivity index (χ4v) is 2.16. The van der Waals surface area contributed by atoms with Gasteiger partial charge in [-0.25, -0.2) is 0 Å². The van der Waals surface area contributed by atoms with Gasteiger partial charge in [0, 0.05) is 5.03 Å². The van der Waals surface area contributed by atoms with Gasteiger partial charge in [0.2, 0.25) is 0 Å². The quantitative estimate of drug-likeness (QED) is 0.516. The summed E-state index contributed by atoms with van der Waals surface area (Å²) in [5, 5.41) is 1.13. The van der Waals surface area contributed by atoms with E-state index in [0.717, 1.165) is 11.5 Å². The molecule has 0 aliphatic heterocycles. The largest absolute Gasteiger partial charge is 0.0892 e. The van der Waals surface area contributed by atoms with Gasteiger partial charge < -0.3 is 0 Å². The van der Waals surface area contributed by atoms with Gasteiger partial charge in [-0.15, -0.1) is 0 Å².